The van der Waals surface area contributed by atoms with Crippen LogP contribution in [-0.4, -0.2) is 59.7 Å². The highest BCUT2D eigenvalue weighted by Crippen LogP contribution is 2.39. The van der Waals surface area contributed by atoms with E-state index in [1.807, 2.05) is 58.3 Å². The van der Waals surface area contributed by atoms with E-state index in [1.165, 1.54) is 0 Å². The van der Waals surface area contributed by atoms with E-state index in [4.69, 9.17) is 4.74 Å². The summed E-state index contributed by atoms with van der Waals surface area (Å²) in [6.07, 6.45) is 5.00. The first-order valence-corrected chi connectivity index (χ1v) is 13.2. The van der Waals surface area contributed by atoms with Gasteiger partial charge in [-0.15, -0.1) is 0 Å². The highest BCUT2D eigenvalue weighted by Gasteiger charge is 2.46. The van der Waals surface area contributed by atoms with Crippen LogP contribution in [0.2, 0.25) is 0 Å². The molecule has 1 aliphatic carbocycles. The molecule has 1 saturated carbocycles. The van der Waals surface area contributed by atoms with Gasteiger partial charge in [-0.3, -0.25) is 14.4 Å². The van der Waals surface area contributed by atoms with Gasteiger partial charge >= 0.3 is 0 Å². The Balaban J connectivity index is 1.19. The monoisotopic (exact) mass is 487 g/mol. The number of piperidine rings is 1. The quantitative estimate of drug-likeness (QED) is 0.705. The van der Waals surface area contributed by atoms with Crippen LogP contribution in [-0.2, 0) is 27.2 Å². The number of benzene rings is 2. The Morgan fingerprint density at radius 1 is 0.972 bits per heavy atom. The molecular formula is C29H33N3O4. The number of nitrogens with zero attached hydrogens (tertiary/aromatic N) is 2. The molecule has 1 spiro atoms. The van der Waals surface area contributed by atoms with E-state index in [0.717, 1.165) is 41.9 Å². The van der Waals surface area contributed by atoms with Crippen LogP contribution < -0.4 is 10.1 Å². The number of carbonyl (C=O) groups excluding carboxylic acids is 3. The number of amides is 3. The molecule has 3 fully saturated rings. The summed E-state index contributed by atoms with van der Waals surface area (Å²) in [4.78, 5) is 43.1. The molecule has 2 saturated heterocycles. The Hall–Kier alpha value is -3.35. The van der Waals surface area contributed by atoms with Crippen LogP contribution in [0.25, 0.3) is 0 Å². The Labute approximate surface area is 211 Å². The van der Waals surface area contributed by atoms with Crippen LogP contribution in [0.15, 0.2) is 48.5 Å². The van der Waals surface area contributed by atoms with E-state index in [2.05, 4.69) is 5.32 Å². The zero-order chi connectivity index (χ0) is 24.7. The lowest BCUT2D eigenvalue weighted by Crippen LogP contribution is -2.52. The molecule has 7 nitrogen and oxygen atoms in total. The standard InChI is InChI=1S/C29H33N3O4/c33-26-17-22(19-32(26)23-7-8-23)27(34)31-13-10-29(11-14-31)18-21-4-2-6-25(16-21)36-24-5-1-3-20(15-24)9-12-30-28(29)35/h1-6,15-16,22-23H,7-14,17-19H2,(H,30,35). The predicted octanol–water partition coefficient (Wildman–Crippen LogP) is 3.31. The van der Waals surface area contributed by atoms with Crippen molar-refractivity contribution in [3.05, 3.63) is 59.7 Å². The van der Waals surface area contributed by atoms with Gasteiger partial charge in [-0.2, -0.15) is 0 Å². The third-order valence-corrected chi connectivity index (χ3v) is 8.28. The number of hydrogen-bond donors (Lipinski definition) is 1. The summed E-state index contributed by atoms with van der Waals surface area (Å²) < 4.78 is 6.13. The van der Waals surface area contributed by atoms with Gasteiger partial charge in [0.25, 0.3) is 0 Å². The summed E-state index contributed by atoms with van der Waals surface area (Å²) in [6, 6.07) is 16.3. The Morgan fingerprint density at radius 2 is 1.67 bits per heavy atom. The zero-order valence-electron chi connectivity index (χ0n) is 20.6. The average Bonchev–Trinajstić information content (AvgIpc) is 3.65. The van der Waals surface area contributed by atoms with Crippen molar-refractivity contribution in [1.82, 2.24) is 15.1 Å². The van der Waals surface area contributed by atoms with Gasteiger partial charge in [-0.1, -0.05) is 24.3 Å². The van der Waals surface area contributed by atoms with Gasteiger partial charge < -0.3 is 19.9 Å². The molecule has 1 atom stereocenters. The Morgan fingerprint density at radius 3 is 2.39 bits per heavy atom. The smallest absolute Gasteiger partial charge is 0.227 e. The lowest BCUT2D eigenvalue weighted by Gasteiger charge is -2.41. The van der Waals surface area contributed by atoms with Gasteiger partial charge in [-0.05, 0) is 73.9 Å². The number of fused-ring (bicyclic) bond motifs is 4. The molecule has 4 aliphatic rings. The molecule has 6 rings (SSSR count). The van der Waals surface area contributed by atoms with Crippen molar-refractivity contribution in [3.8, 4) is 11.5 Å². The molecule has 36 heavy (non-hydrogen) atoms. The predicted molar refractivity (Wildman–Crippen MR) is 134 cm³/mol. The number of carbonyl (C=O) groups is 3. The molecule has 7 heteroatoms. The van der Waals surface area contributed by atoms with E-state index in [0.29, 0.717) is 57.9 Å². The Bertz CT molecular complexity index is 1180. The minimum absolute atomic E-state index is 0.0623. The summed E-state index contributed by atoms with van der Waals surface area (Å²) in [5.74, 6) is 1.56. The molecule has 3 amide bonds. The summed E-state index contributed by atoms with van der Waals surface area (Å²) in [5.41, 5.74) is 1.59. The average molecular weight is 488 g/mol. The molecule has 188 valence electrons. The van der Waals surface area contributed by atoms with Gasteiger partial charge in [0.15, 0.2) is 0 Å². The number of ether oxygens (including phenoxy) is 1. The maximum atomic E-state index is 13.6. The topological polar surface area (TPSA) is 79.0 Å². The molecule has 0 aromatic heterocycles. The van der Waals surface area contributed by atoms with Crippen molar-refractivity contribution in [3.63, 3.8) is 0 Å². The number of rotatable bonds is 2. The third-order valence-electron chi connectivity index (χ3n) is 8.28. The zero-order valence-corrected chi connectivity index (χ0v) is 20.6. The first-order chi connectivity index (χ1) is 17.5. The van der Waals surface area contributed by atoms with E-state index in [-0.39, 0.29) is 23.6 Å². The second-order valence-electron chi connectivity index (χ2n) is 10.9. The summed E-state index contributed by atoms with van der Waals surface area (Å²) in [6.45, 7) is 2.19. The fraction of sp³-hybridized carbons (Fsp3) is 0.483. The van der Waals surface area contributed by atoms with Gasteiger partial charge in [0.05, 0.1) is 11.3 Å². The van der Waals surface area contributed by atoms with Crippen LogP contribution in [0, 0.1) is 11.3 Å². The van der Waals surface area contributed by atoms with E-state index in [9.17, 15) is 14.4 Å². The fourth-order valence-electron chi connectivity index (χ4n) is 6.05. The van der Waals surface area contributed by atoms with Crippen molar-refractivity contribution < 1.29 is 19.1 Å². The third kappa shape index (κ3) is 4.59. The molecule has 1 unspecified atom stereocenters. The van der Waals surface area contributed by atoms with Crippen molar-refractivity contribution in [2.45, 2.75) is 51.0 Å². The Kier molecular flexibility index (Phi) is 5.94. The van der Waals surface area contributed by atoms with Gasteiger partial charge in [0.1, 0.15) is 11.5 Å². The van der Waals surface area contributed by atoms with E-state index < -0.39 is 5.41 Å². The highest BCUT2D eigenvalue weighted by atomic mass is 16.5. The number of nitrogens with one attached hydrogen (secondary N) is 1. The van der Waals surface area contributed by atoms with Crippen LogP contribution in [0.4, 0.5) is 0 Å². The van der Waals surface area contributed by atoms with E-state index in [1.54, 1.807) is 0 Å². The highest BCUT2D eigenvalue weighted by molar-refractivity contribution is 5.90. The van der Waals surface area contributed by atoms with Crippen LogP contribution in [0.1, 0.15) is 43.2 Å². The second-order valence-corrected chi connectivity index (χ2v) is 10.9. The van der Waals surface area contributed by atoms with Crippen LogP contribution in [0.3, 0.4) is 0 Å². The SMILES string of the molecule is O=C(C1CC(=O)N(C2CC2)C1)N1CCC2(CC1)Cc1cccc(c1)Oc1cccc(c1)CCNC2=O. The fourth-order valence-corrected chi connectivity index (χ4v) is 6.05. The van der Waals surface area contributed by atoms with Gasteiger partial charge in [0.2, 0.25) is 17.7 Å². The largest absolute Gasteiger partial charge is 0.457 e. The van der Waals surface area contributed by atoms with Gasteiger partial charge in [0, 0.05) is 38.6 Å². The lowest BCUT2D eigenvalue weighted by molar-refractivity contribution is -0.143. The van der Waals surface area contributed by atoms with E-state index >= 15 is 0 Å². The molecule has 2 aromatic rings. The van der Waals surface area contributed by atoms with Crippen molar-refractivity contribution in [1.29, 1.82) is 0 Å². The molecule has 2 aromatic carbocycles. The number of likely N-dealkylation sites (tertiary alicyclic amines) is 2. The summed E-state index contributed by atoms with van der Waals surface area (Å²) in [7, 11) is 0. The lowest BCUT2D eigenvalue weighted by atomic mass is 9.72. The molecule has 4 bridgehead atoms. The van der Waals surface area contributed by atoms with Crippen molar-refractivity contribution >= 4 is 17.7 Å². The van der Waals surface area contributed by atoms with Gasteiger partial charge in [-0.25, -0.2) is 0 Å². The first-order valence-electron chi connectivity index (χ1n) is 13.2. The van der Waals surface area contributed by atoms with Crippen molar-refractivity contribution in [2.75, 3.05) is 26.2 Å². The molecule has 0 radical (unpaired) electrons. The summed E-state index contributed by atoms with van der Waals surface area (Å²) >= 11 is 0. The summed E-state index contributed by atoms with van der Waals surface area (Å²) in [5, 5.41) is 3.19. The first kappa shape index (κ1) is 23.1. The normalized spacial score (nSPS) is 23.8. The molecular weight excluding hydrogens is 454 g/mol. The molecule has 1 N–H and O–H groups in total. The maximum Gasteiger partial charge on any atom is 0.227 e. The minimum Gasteiger partial charge on any atom is -0.457 e. The minimum atomic E-state index is -0.576. The van der Waals surface area contributed by atoms with Crippen molar-refractivity contribution in [2.24, 2.45) is 11.3 Å². The second kappa shape index (κ2) is 9.26. The van der Waals surface area contributed by atoms with Crippen LogP contribution in [0.5, 0.6) is 11.5 Å². The number of hydrogen-bond acceptors (Lipinski definition) is 4. The van der Waals surface area contributed by atoms with Crippen LogP contribution >= 0.6 is 0 Å². The molecule has 3 aliphatic heterocycles. The maximum absolute atomic E-state index is 13.6. The molecule has 3 heterocycles.